The molecule has 4 atom stereocenters. The summed E-state index contributed by atoms with van der Waals surface area (Å²) in [7, 11) is 0. The highest BCUT2D eigenvalue weighted by molar-refractivity contribution is 5.85. The molecule has 134 valence electrons. The number of amides is 2. The minimum Gasteiger partial charge on any atom is -0.352 e. The molecule has 4 unspecified atom stereocenters. The molecule has 0 spiro atoms. The van der Waals surface area contributed by atoms with E-state index in [9.17, 15) is 9.59 Å². The van der Waals surface area contributed by atoms with Gasteiger partial charge in [0.05, 0.1) is 11.5 Å². The monoisotopic (exact) mass is 340 g/mol. The van der Waals surface area contributed by atoms with Crippen molar-refractivity contribution in [1.82, 2.24) is 10.6 Å². The summed E-state index contributed by atoms with van der Waals surface area (Å²) in [5.74, 6) is 1.90. The highest BCUT2D eigenvalue weighted by Gasteiger charge is 2.60. The first-order chi connectivity index (χ1) is 12.0. The summed E-state index contributed by atoms with van der Waals surface area (Å²) >= 11 is 0. The first kappa shape index (κ1) is 16.6. The SMILES string of the molecule is CC(=O)NC1C2CC3CC(C2)CC1(C(=O)NC(C)c1ccccc1)C3. The minimum atomic E-state index is -0.413. The van der Waals surface area contributed by atoms with Gasteiger partial charge in [-0.05, 0) is 62.3 Å². The van der Waals surface area contributed by atoms with Crippen LogP contribution in [0.1, 0.15) is 57.6 Å². The number of carbonyl (C=O) groups excluding carboxylic acids is 2. The van der Waals surface area contributed by atoms with E-state index in [0.29, 0.717) is 17.8 Å². The van der Waals surface area contributed by atoms with Gasteiger partial charge in [0.1, 0.15) is 0 Å². The molecule has 0 saturated heterocycles. The van der Waals surface area contributed by atoms with Crippen molar-refractivity contribution in [1.29, 1.82) is 0 Å². The Morgan fingerprint density at radius 3 is 2.32 bits per heavy atom. The maximum atomic E-state index is 13.4. The Labute approximate surface area is 149 Å². The number of benzene rings is 1. The van der Waals surface area contributed by atoms with Crippen molar-refractivity contribution in [3.63, 3.8) is 0 Å². The molecule has 2 amide bonds. The number of nitrogens with one attached hydrogen (secondary N) is 2. The summed E-state index contributed by atoms with van der Waals surface area (Å²) in [6.45, 7) is 3.62. The molecule has 4 aliphatic rings. The molecule has 1 aromatic carbocycles. The van der Waals surface area contributed by atoms with Crippen molar-refractivity contribution in [3.8, 4) is 0 Å². The van der Waals surface area contributed by atoms with Gasteiger partial charge in [0.15, 0.2) is 0 Å². The fourth-order valence-corrected chi connectivity index (χ4v) is 6.01. The van der Waals surface area contributed by atoms with Crippen molar-refractivity contribution < 1.29 is 9.59 Å². The molecule has 4 nitrogen and oxygen atoms in total. The molecule has 4 aliphatic carbocycles. The molecule has 4 heteroatoms. The quantitative estimate of drug-likeness (QED) is 0.884. The summed E-state index contributed by atoms with van der Waals surface area (Å²) in [4.78, 5) is 25.2. The Balaban J connectivity index is 1.59. The lowest BCUT2D eigenvalue weighted by atomic mass is 9.47. The van der Waals surface area contributed by atoms with Crippen LogP contribution in [0.4, 0.5) is 0 Å². The van der Waals surface area contributed by atoms with Crippen LogP contribution in [0.25, 0.3) is 0 Å². The molecule has 25 heavy (non-hydrogen) atoms. The lowest BCUT2D eigenvalue weighted by molar-refractivity contribution is -0.155. The van der Waals surface area contributed by atoms with Gasteiger partial charge in [0, 0.05) is 13.0 Å². The molecule has 5 rings (SSSR count). The van der Waals surface area contributed by atoms with Gasteiger partial charge in [-0.2, -0.15) is 0 Å². The van der Waals surface area contributed by atoms with Crippen LogP contribution in [-0.2, 0) is 9.59 Å². The molecule has 0 aliphatic heterocycles. The third kappa shape index (κ3) is 2.86. The van der Waals surface area contributed by atoms with E-state index >= 15 is 0 Å². The van der Waals surface area contributed by atoms with Gasteiger partial charge in [-0.1, -0.05) is 30.3 Å². The van der Waals surface area contributed by atoms with Crippen molar-refractivity contribution >= 4 is 11.8 Å². The van der Waals surface area contributed by atoms with E-state index in [4.69, 9.17) is 0 Å². The zero-order valence-electron chi connectivity index (χ0n) is 15.1. The second kappa shape index (κ2) is 6.15. The van der Waals surface area contributed by atoms with Crippen LogP contribution in [0, 0.1) is 23.2 Å². The number of rotatable bonds is 4. The molecular formula is C21H28N2O2. The van der Waals surface area contributed by atoms with E-state index in [2.05, 4.69) is 22.8 Å². The van der Waals surface area contributed by atoms with Gasteiger partial charge in [-0.25, -0.2) is 0 Å². The van der Waals surface area contributed by atoms with Gasteiger partial charge in [0.25, 0.3) is 0 Å². The molecule has 4 saturated carbocycles. The zero-order chi connectivity index (χ0) is 17.6. The van der Waals surface area contributed by atoms with Crippen molar-refractivity contribution in [2.24, 2.45) is 23.2 Å². The highest BCUT2D eigenvalue weighted by Crippen LogP contribution is 2.60. The number of hydrogen-bond donors (Lipinski definition) is 2. The van der Waals surface area contributed by atoms with Gasteiger partial charge in [-0.15, -0.1) is 0 Å². The summed E-state index contributed by atoms with van der Waals surface area (Å²) < 4.78 is 0. The Hall–Kier alpha value is -1.84. The number of hydrogen-bond acceptors (Lipinski definition) is 2. The molecular weight excluding hydrogens is 312 g/mol. The fourth-order valence-electron chi connectivity index (χ4n) is 6.01. The van der Waals surface area contributed by atoms with E-state index < -0.39 is 5.41 Å². The Kier molecular flexibility index (Phi) is 4.09. The summed E-state index contributed by atoms with van der Waals surface area (Å²) in [5.41, 5.74) is 0.709. The van der Waals surface area contributed by atoms with Crippen molar-refractivity contribution in [2.45, 2.75) is 58.0 Å². The molecule has 2 N–H and O–H groups in total. The average molecular weight is 340 g/mol. The normalized spacial score (nSPS) is 36.7. The highest BCUT2D eigenvalue weighted by atomic mass is 16.2. The van der Waals surface area contributed by atoms with E-state index in [1.807, 2.05) is 25.1 Å². The van der Waals surface area contributed by atoms with Crippen LogP contribution in [0.3, 0.4) is 0 Å². The van der Waals surface area contributed by atoms with Crippen molar-refractivity contribution in [3.05, 3.63) is 35.9 Å². The van der Waals surface area contributed by atoms with E-state index in [-0.39, 0.29) is 23.9 Å². The third-order valence-electron chi connectivity index (χ3n) is 6.77. The van der Waals surface area contributed by atoms with Gasteiger partial charge < -0.3 is 10.6 Å². The first-order valence-electron chi connectivity index (χ1n) is 9.61. The second-order valence-electron chi connectivity index (χ2n) is 8.55. The van der Waals surface area contributed by atoms with E-state index in [0.717, 1.165) is 18.4 Å². The molecule has 0 radical (unpaired) electrons. The fraction of sp³-hybridized carbons (Fsp3) is 0.619. The Morgan fingerprint density at radius 1 is 1.08 bits per heavy atom. The predicted octanol–water partition coefficient (Wildman–Crippen LogP) is 3.19. The van der Waals surface area contributed by atoms with Crippen LogP contribution >= 0.6 is 0 Å². The molecule has 0 aromatic heterocycles. The zero-order valence-corrected chi connectivity index (χ0v) is 15.1. The summed E-state index contributed by atoms with van der Waals surface area (Å²) in [6, 6.07) is 10.1. The Bertz CT molecular complexity index is 658. The van der Waals surface area contributed by atoms with Crippen molar-refractivity contribution in [2.75, 3.05) is 0 Å². The second-order valence-corrected chi connectivity index (χ2v) is 8.55. The first-order valence-corrected chi connectivity index (χ1v) is 9.61. The maximum absolute atomic E-state index is 13.4. The van der Waals surface area contributed by atoms with Crippen LogP contribution in [-0.4, -0.2) is 17.9 Å². The predicted molar refractivity (Wildman–Crippen MR) is 96.6 cm³/mol. The molecule has 0 heterocycles. The lowest BCUT2D eigenvalue weighted by Crippen LogP contribution is -2.66. The topological polar surface area (TPSA) is 58.2 Å². The molecule has 1 aromatic rings. The molecule has 4 bridgehead atoms. The largest absolute Gasteiger partial charge is 0.352 e. The minimum absolute atomic E-state index is 0.000716. The van der Waals surface area contributed by atoms with E-state index in [1.165, 1.54) is 19.3 Å². The average Bonchev–Trinajstić information content (AvgIpc) is 2.58. The Morgan fingerprint density at radius 2 is 1.72 bits per heavy atom. The van der Waals surface area contributed by atoms with E-state index in [1.54, 1.807) is 6.92 Å². The number of carbonyl (C=O) groups is 2. The summed E-state index contributed by atoms with van der Waals surface area (Å²) in [6.07, 6.45) is 5.47. The third-order valence-corrected chi connectivity index (χ3v) is 6.77. The summed E-state index contributed by atoms with van der Waals surface area (Å²) in [5, 5.41) is 6.43. The van der Waals surface area contributed by atoms with Gasteiger partial charge in [-0.3, -0.25) is 9.59 Å². The lowest BCUT2D eigenvalue weighted by Gasteiger charge is -2.60. The van der Waals surface area contributed by atoms with Crippen LogP contribution in [0.5, 0.6) is 0 Å². The standard InChI is InChI=1S/C21H28N2O2/c1-13(17-6-4-3-5-7-17)22-20(25)21-11-15-8-16(12-21)10-18(9-15)19(21)23-14(2)24/h3-7,13,15-16,18-19H,8-12H2,1-2H3,(H,22,25)(H,23,24). The van der Waals surface area contributed by atoms with Crippen LogP contribution in [0.2, 0.25) is 0 Å². The van der Waals surface area contributed by atoms with Crippen LogP contribution < -0.4 is 10.6 Å². The maximum Gasteiger partial charge on any atom is 0.228 e. The van der Waals surface area contributed by atoms with Gasteiger partial charge in [0.2, 0.25) is 11.8 Å². The van der Waals surface area contributed by atoms with Crippen LogP contribution in [0.15, 0.2) is 30.3 Å². The van der Waals surface area contributed by atoms with Gasteiger partial charge >= 0.3 is 0 Å². The molecule has 4 fully saturated rings. The smallest absolute Gasteiger partial charge is 0.228 e.